The van der Waals surface area contributed by atoms with Crippen LogP contribution in [0.5, 0.6) is 0 Å². The Balaban J connectivity index is 1.35. The molecule has 0 aliphatic carbocycles. The molecule has 7 heteroatoms. The first kappa shape index (κ1) is 22.8. The number of carbonyl (C=O) groups is 1. The van der Waals surface area contributed by atoms with Gasteiger partial charge in [-0.05, 0) is 59.2 Å². The lowest BCUT2D eigenvalue weighted by molar-refractivity contribution is 0.0951. The Morgan fingerprint density at radius 1 is 0.857 bits per heavy atom. The van der Waals surface area contributed by atoms with Crippen molar-refractivity contribution in [1.82, 2.24) is 5.32 Å². The Hall–Kier alpha value is -3.97. The highest BCUT2D eigenvalue weighted by Gasteiger charge is 2.37. The predicted octanol–water partition coefficient (Wildman–Crippen LogP) is 5.10. The van der Waals surface area contributed by atoms with Crippen LogP contribution in [0.25, 0.3) is 0 Å². The quantitative estimate of drug-likeness (QED) is 0.413. The molecule has 5 rings (SSSR count). The van der Waals surface area contributed by atoms with Gasteiger partial charge in [0.05, 0.1) is 10.6 Å². The van der Waals surface area contributed by atoms with E-state index in [1.165, 1.54) is 40.7 Å². The van der Waals surface area contributed by atoms with E-state index in [-0.39, 0.29) is 29.1 Å². The fourth-order valence-corrected chi connectivity index (χ4v) is 5.87. The summed E-state index contributed by atoms with van der Waals surface area (Å²) in [6.45, 7) is 0.552. The van der Waals surface area contributed by atoms with Gasteiger partial charge in [0.1, 0.15) is 5.82 Å². The maximum Gasteiger partial charge on any atom is 0.264 e. The van der Waals surface area contributed by atoms with Crippen LogP contribution in [0.4, 0.5) is 10.1 Å². The number of hydrogen-bond acceptors (Lipinski definition) is 3. The third-order valence-electron chi connectivity index (χ3n) is 6.20. The van der Waals surface area contributed by atoms with E-state index < -0.39 is 10.0 Å². The van der Waals surface area contributed by atoms with E-state index in [9.17, 15) is 17.6 Å². The van der Waals surface area contributed by atoms with Gasteiger partial charge < -0.3 is 5.32 Å². The molecule has 1 heterocycles. The van der Waals surface area contributed by atoms with Crippen LogP contribution in [-0.4, -0.2) is 20.9 Å². The highest BCUT2D eigenvalue weighted by molar-refractivity contribution is 7.92. The third kappa shape index (κ3) is 4.55. The van der Waals surface area contributed by atoms with Gasteiger partial charge in [0.25, 0.3) is 15.9 Å². The summed E-state index contributed by atoms with van der Waals surface area (Å²) in [6.07, 6.45) is 0. The number of benzene rings is 4. The number of fused-ring (bicyclic) bond motifs is 1. The lowest BCUT2D eigenvalue weighted by Gasteiger charge is -2.20. The van der Waals surface area contributed by atoms with Gasteiger partial charge in [-0.3, -0.25) is 9.10 Å². The number of nitrogens with one attached hydrogen (secondary N) is 1. The van der Waals surface area contributed by atoms with Crippen LogP contribution in [0.1, 0.15) is 33.0 Å². The van der Waals surface area contributed by atoms with Crippen LogP contribution in [0.3, 0.4) is 0 Å². The molecule has 1 aliphatic heterocycles. The Morgan fingerprint density at radius 3 is 2.23 bits per heavy atom. The van der Waals surface area contributed by atoms with Crippen molar-refractivity contribution in [1.29, 1.82) is 0 Å². The lowest BCUT2D eigenvalue weighted by Crippen LogP contribution is -2.30. The first-order valence-electron chi connectivity index (χ1n) is 11.2. The second-order valence-electron chi connectivity index (χ2n) is 8.39. The van der Waals surface area contributed by atoms with Gasteiger partial charge in [0, 0.05) is 24.6 Å². The van der Waals surface area contributed by atoms with Crippen LogP contribution in [0.15, 0.2) is 108 Å². The van der Waals surface area contributed by atoms with Crippen molar-refractivity contribution in [2.75, 3.05) is 10.8 Å². The molecule has 1 N–H and O–H groups in total. The Kier molecular flexibility index (Phi) is 6.09. The lowest BCUT2D eigenvalue weighted by atomic mass is 9.93. The van der Waals surface area contributed by atoms with Crippen molar-refractivity contribution in [2.45, 2.75) is 17.4 Å². The van der Waals surface area contributed by atoms with Crippen molar-refractivity contribution in [2.24, 2.45) is 0 Å². The summed E-state index contributed by atoms with van der Waals surface area (Å²) in [7, 11) is -3.83. The highest BCUT2D eigenvalue weighted by atomic mass is 32.2. The van der Waals surface area contributed by atoms with E-state index in [4.69, 9.17) is 0 Å². The molecule has 0 aromatic heterocycles. The molecule has 1 atom stereocenters. The van der Waals surface area contributed by atoms with E-state index in [0.29, 0.717) is 17.8 Å². The molecule has 0 saturated heterocycles. The van der Waals surface area contributed by atoms with Crippen molar-refractivity contribution in [3.05, 3.63) is 131 Å². The summed E-state index contributed by atoms with van der Waals surface area (Å²) in [6, 6.07) is 29.2. The summed E-state index contributed by atoms with van der Waals surface area (Å²) in [5.74, 6) is -0.736. The minimum Gasteiger partial charge on any atom is -0.348 e. The van der Waals surface area contributed by atoms with E-state index in [1.54, 1.807) is 12.1 Å². The molecule has 1 amide bonds. The number of rotatable bonds is 6. The van der Waals surface area contributed by atoms with Crippen molar-refractivity contribution in [3.8, 4) is 0 Å². The number of carbonyl (C=O) groups excluding carboxylic acids is 1. The summed E-state index contributed by atoms with van der Waals surface area (Å²) in [4.78, 5) is 12.6. The van der Waals surface area contributed by atoms with Crippen molar-refractivity contribution >= 4 is 21.6 Å². The summed E-state index contributed by atoms with van der Waals surface area (Å²) < 4.78 is 41.7. The number of halogens is 1. The van der Waals surface area contributed by atoms with Crippen molar-refractivity contribution < 1.29 is 17.6 Å². The van der Waals surface area contributed by atoms with E-state index in [1.807, 2.05) is 54.6 Å². The number of hydrogen-bond donors (Lipinski definition) is 1. The molecule has 1 unspecified atom stereocenters. The number of para-hydroxylation sites is 1. The van der Waals surface area contributed by atoms with Gasteiger partial charge in [-0.2, -0.15) is 0 Å². The average molecular weight is 487 g/mol. The topological polar surface area (TPSA) is 66.5 Å². The molecular formula is C28H23FN2O3S. The highest BCUT2D eigenvalue weighted by Crippen LogP contribution is 2.42. The Labute approximate surface area is 203 Å². The molecule has 1 aliphatic rings. The van der Waals surface area contributed by atoms with E-state index in [2.05, 4.69) is 5.32 Å². The standard InChI is InChI=1S/C28H23FN2O3S/c29-23-14-10-20(11-15-23)18-30-28(32)22-12-16-24(17-13-22)35(33,34)31-19-26(21-6-2-1-3-7-21)25-8-4-5-9-27(25)31/h1-17,26H,18-19H2,(H,30,32). The summed E-state index contributed by atoms with van der Waals surface area (Å²) >= 11 is 0. The number of amides is 1. The van der Waals surface area contributed by atoms with Gasteiger partial charge in [0.15, 0.2) is 0 Å². The van der Waals surface area contributed by atoms with Crippen LogP contribution >= 0.6 is 0 Å². The number of nitrogens with zero attached hydrogens (tertiary/aromatic N) is 1. The maximum absolute atomic E-state index is 13.6. The SMILES string of the molecule is O=C(NCc1ccc(F)cc1)c1ccc(S(=O)(=O)N2CC(c3ccccc3)c3ccccc32)cc1. The van der Waals surface area contributed by atoms with Gasteiger partial charge in [-0.25, -0.2) is 12.8 Å². The summed E-state index contributed by atoms with van der Waals surface area (Å²) in [5, 5.41) is 2.76. The fourth-order valence-electron chi connectivity index (χ4n) is 4.36. The zero-order valence-electron chi connectivity index (χ0n) is 18.8. The normalized spacial score (nSPS) is 15.0. The number of sulfonamides is 1. The minimum absolute atomic E-state index is 0.0568. The molecule has 0 spiro atoms. The molecule has 176 valence electrons. The van der Waals surface area contributed by atoms with Gasteiger partial charge in [-0.1, -0.05) is 60.7 Å². The minimum atomic E-state index is -3.83. The zero-order chi connectivity index (χ0) is 24.4. The van der Waals surface area contributed by atoms with Crippen LogP contribution in [0, 0.1) is 5.82 Å². The first-order valence-corrected chi connectivity index (χ1v) is 12.7. The van der Waals surface area contributed by atoms with Crippen LogP contribution < -0.4 is 9.62 Å². The van der Waals surface area contributed by atoms with E-state index >= 15 is 0 Å². The molecule has 4 aromatic rings. The molecular weight excluding hydrogens is 463 g/mol. The second kappa shape index (κ2) is 9.35. The average Bonchev–Trinajstić information content (AvgIpc) is 3.29. The third-order valence-corrected chi connectivity index (χ3v) is 8.00. The molecule has 0 fully saturated rings. The largest absolute Gasteiger partial charge is 0.348 e. The van der Waals surface area contributed by atoms with Crippen LogP contribution in [0.2, 0.25) is 0 Å². The molecule has 35 heavy (non-hydrogen) atoms. The molecule has 0 radical (unpaired) electrons. The molecule has 0 saturated carbocycles. The Bertz CT molecular complexity index is 1450. The van der Waals surface area contributed by atoms with Crippen LogP contribution in [-0.2, 0) is 16.6 Å². The van der Waals surface area contributed by atoms with Gasteiger partial charge in [-0.15, -0.1) is 0 Å². The summed E-state index contributed by atoms with van der Waals surface area (Å²) in [5.41, 5.74) is 3.81. The van der Waals surface area contributed by atoms with Gasteiger partial charge >= 0.3 is 0 Å². The van der Waals surface area contributed by atoms with Crippen molar-refractivity contribution in [3.63, 3.8) is 0 Å². The monoisotopic (exact) mass is 486 g/mol. The second-order valence-corrected chi connectivity index (χ2v) is 10.3. The first-order chi connectivity index (χ1) is 16.9. The maximum atomic E-state index is 13.6. The van der Waals surface area contributed by atoms with Gasteiger partial charge in [0.2, 0.25) is 0 Å². The molecule has 4 aromatic carbocycles. The predicted molar refractivity (Wildman–Crippen MR) is 133 cm³/mol. The number of anilines is 1. The molecule has 5 nitrogen and oxygen atoms in total. The smallest absolute Gasteiger partial charge is 0.264 e. The van der Waals surface area contributed by atoms with E-state index in [0.717, 1.165) is 16.7 Å². The Morgan fingerprint density at radius 2 is 1.51 bits per heavy atom. The zero-order valence-corrected chi connectivity index (χ0v) is 19.6. The molecule has 0 bridgehead atoms. The fraction of sp³-hybridized carbons (Fsp3) is 0.107.